The first-order chi connectivity index (χ1) is 11.3. The topological polar surface area (TPSA) is 46.9 Å². The lowest BCUT2D eigenvalue weighted by Gasteiger charge is -2.11. The molecule has 0 bridgehead atoms. The SMILES string of the molecule is CCCCCCn1c(SC[C@@H]2CCC(=O)N2)nc2ccccc21. The number of nitrogens with zero attached hydrogens (tertiary/aromatic N) is 2. The molecule has 1 amide bonds. The molecule has 0 saturated carbocycles. The van der Waals surface area contributed by atoms with Crippen molar-refractivity contribution in [2.75, 3.05) is 5.75 Å². The van der Waals surface area contributed by atoms with Crippen LogP contribution in [0.15, 0.2) is 29.4 Å². The number of fused-ring (bicyclic) bond motifs is 1. The Hall–Kier alpha value is -1.49. The molecule has 1 aliphatic rings. The van der Waals surface area contributed by atoms with Crippen LogP contribution in [0, 0.1) is 0 Å². The predicted molar refractivity (Wildman–Crippen MR) is 95.8 cm³/mol. The van der Waals surface area contributed by atoms with Gasteiger partial charge in [-0.05, 0) is 25.0 Å². The van der Waals surface area contributed by atoms with Crippen LogP contribution < -0.4 is 5.32 Å². The van der Waals surface area contributed by atoms with E-state index in [0.717, 1.165) is 29.4 Å². The predicted octanol–water partition coefficient (Wildman–Crippen LogP) is 3.99. The van der Waals surface area contributed by atoms with Crippen LogP contribution in [-0.2, 0) is 11.3 Å². The number of para-hydroxylation sites is 2. The molecule has 2 heterocycles. The normalized spacial score (nSPS) is 17.8. The fourth-order valence-corrected chi connectivity index (χ4v) is 4.16. The van der Waals surface area contributed by atoms with Gasteiger partial charge in [0.1, 0.15) is 0 Å². The first-order valence-electron chi connectivity index (χ1n) is 8.65. The number of amides is 1. The van der Waals surface area contributed by atoms with Gasteiger partial charge < -0.3 is 9.88 Å². The molecule has 1 N–H and O–H groups in total. The summed E-state index contributed by atoms with van der Waals surface area (Å²) in [4.78, 5) is 16.1. The van der Waals surface area contributed by atoms with Crippen molar-refractivity contribution < 1.29 is 4.79 Å². The maximum atomic E-state index is 11.3. The van der Waals surface area contributed by atoms with Gasteiger partial charge in [-0.2, -0.15) is 0 Å². The summed E-state index contributed by atoms with van der Waals surface area (Å²) in [5.41, 5.74) is 2.29. The Labute approximate surface area is 142 Å². The van der Waals surface area contributed by atoms with Gasteiger partial charge in [-0.25, -0.2) is 4.98 Å². The Bertz CT molecular complexity index is 667. The average Bonchev–Trinajstić information content (AvgIpc) is 3.13. The molecule has 23 heavy (non-hydrogen) atoms. The summed E-state index contributed by atoms with van der Waals surface area (Å²) in [6.45, 7) is 3.27. The van der Waals surface area contributed by atoms with E-state index in [2.05, 4.69) is 35.0 Å². The number of nitrogens with one attached hydrogen (secondary N) is 1. The zero-order valence-electron chi connectivity index (χ0n) is 13.8. The van der Waals surface area contributed by atoms with Crippen molar-refractivity contribution in [2.24, 2.45) is 0 Å². The highest BCUT2D eigenvalue weighted by atomic mass is 32.2. The van der Waals surface area contributed by atoms with Crippen LogP contribution in [0.3, 0.4) is 0 Å². The van der Waals surface area contributed by atoms with Crippen molar-refractivity contribution in [2.45, 2.75) is 63.2 Å². The quantitative estimate of drug-likeness (QED) is 0.588. The highest BCUT2D eigenvalue weighted by Gasteiger charge is 2.21. The number of imidazole rings is 1. The second kappa shape index (κ2) is 7.86. The van der Waals surface area contributed by atoms with Gasteiger partial charge in [-0.3, -0.25) is 4.79 Å². The Morgan fingerprint density at radius 1 is 1.30 bits per heavy atom. The van der Waals surface area contributed by atoms with E-state index < -0.39 is 0 Å². The van der Waals surface area contributed by atoms with Crippen LogP contribution >= 0.6 is 11.8 Å². The first kappa shape index (κ1) is 16.4. The molecule has 0 spiro atoms. The molecule has 0 aliphatic carbocycles. The summed E-state index contributed by atoms with van der Waals surface area (Å²) < 4.78 is 2.35. The largest absolute Gasteiger partial charge is 0.353 e. The summed E-state index contributed by atoms with van der Waals surface area (Å²) in [6, 6.07) is 8.66. The average molecular weight is 331 g/mol. The molecule has 124 valence electrons. The molecule has 4 nitrogen and oxygen atoms in total. The molecule has 1 atom stereocenters. The minimum atomic E-state index is 0.184. The number of carbonyl (C=O) groups is 1. The third kappa shape index (κ3) is 4.08. The van der Waals surface area contributed by atoms with Gasteiger partial charge >= 0.3 is 0 Å². The van der Waals surface area contributed by atoms with Gasteiger partial charge in [0, 0.05) is 24.8 Å². The number of rotatable bonds is 8. The van der Waals surface area contributed by atoms with Crippen LogP contribution in [-0.4, -0.2) is 27.3 Å². The Kier molecular flexibility index (Phi) is 5.60. The molecule has 0 radical (unpaired) electrons. The zero-order chi connectivity index (χ0) is 16.1. The van der Waals surface area contributed by atoms with E-state index in [4.69, 9.17) is 4.98 Å². The van der Waals surface area contributed by atoms with Crippen molar-refractivity contribution in [1.82, 2.24) is 14.9 Å². The van der Waals surface area contributed by atoms with Crippen molar-refractivity contribution in [1.29, 1.82) is 0 Å². The lowest BCUT2D eigenvalue weighted by Crippen LogP contribution is -2.27. The van der Waals surface area contributed by atoms with Crippen LogP contribution in [0.4, 0.5) is 0 Å². The van der Waals surface area contributed by atoms with Crippen molar-refractivity contribution in [3.8, 4) is 0 Å². The lowest BCUT2D eigenvalue weighted by atomic mass is 10.2. The van der Waals surface area contributed by atoms with Gasteiger partial charge in [0.2, 0.25) is 5.91 Å². The summed E-state index contributed by atoms with van der Waals surface area (Å²) in [7, 11) is 0. The third-order valence-corrected chi connectivity index (χ3v) is 5.49. The highest BCUT2D eigenvalue weighted by molar-refractivity contribution is 7.99. The van der Waals surface area contributed by atoms with E-state index in [0.29, 0.717) is 12.5 Å². The highest BCUT2D eigenvalue weighted by Crippen LogP contribution is 2.26. The van der Waals surface area contributed by atoms with Crippen LogP contribution in [0.2, 0.25) is 0 Å². The van der Waals surface area contributed by atoms with Crippen LogP contribution in [0.25, 0.3) is 11.0 Å². The Morgan fingerprint density at radius 3 is 2.96 bits per heavy atom. The van der Waals surface area contributed by atoms with Crippen molar-refractivity contribution in [3.63, 3.8) is 0 Å². The number of hydrogen-bond donors (Lipinski definition) is 1. The maximum absolute atomic E-state index is 11.3. The Balaban J connectivity index is 1.70. The van der Waals surface area contributed by atoms with Crippen LogP contribution in [0.1, 0.15) is 45.4 Å². The van der Waals surface area contributed by atoms with Gasteiger partial charge in [-0.1, -0.05) is 50.1 Å². The number of unbranched alkanes of at least 4 members (excludes halogenated alkanes) is 3. The van der Waals surface area contributed by atoms with E-state index >= 15 is 0 Å². The van der Waals surface area contributed by atoms with E-state index in [1.165, 1.54) is 31.2 Å². The minimum absolute atomic E-state index is 0.184. The van der Waals surface area contributed by atoms with Crippen molar-refractivity contribution in [3.05, 3.63) is 24.3 Å². The number of carbonyl (C=O) groups excluding carboxylic acids is 1. The fraction of sp³-hybridized carbons (Fsp3) is 0.556. The number of benzene rings is 1. The van der Waals surface area contributed by atoms with E-state index in [1.54, 1.807) is 11.8 Å². The summed E-state index contributed by atoms with van der Waals surface area (Å²) >= 11 is 1.77. The molecule has 0 unspecified atom stereocenters. The first-order valence-corrected chi connectivity index (χ1v) is 9.64. The van der Waals surface area contributed by atoms with Crippen molar-refractivity contribution >= 4 is 28.7 Å². The van der Waals surface area contributed by atoms with E-state index in [9.17, 15) is 4.79 Å². The molecule has 2 aromatic rings. The molecule has 1 fully saturated rings. The van der Waals surface area contributed by atoms with E-state index in [-0.39, 0.29) is 5.91 Å². The molecular formula is C18H25N3OS. The molecule has 1 aromatic carbocycles. The van der Waals surface area contributed by atoms with E-state index in [1.807, 2.05) is 6.07 Å². The number of thioether (sulfide) groups is 1. The van der Waals surface area contributed by atoms with Gasteiger partial charge in [0.15, 0.2) is 5.16 Å². The second-order valence-corrected chi connectivity index (χ2v) is 7.20. The van der Waals surface area contributed by atoms with Gasteiger partial charge in [0.25, 0.3) is 0 Å². The third-order valence-electron chi connectivity index (χ3n) is 4.35. The Morgan fingerprint density at radius 2 is 2.17 bits per heavy atom. The minimum Gasteiger partial charge on any atom is -0.353 e. The number of hydrogen-bond acceptors (Lipinski definition) is 3. The second-order valence-electron chi connectivity index (χ2n) is 6.21. The maximum Gasteiger partial charge on any atom is 0.220 e. The lowest BCUT2D eigenvalue weighted by molar-refractivity contribution is -0.119. The molecule has 5 heteroatoms. The molecular weight excluding hydrogens is 306 g/mol. The summed E-state index contributed by atoms with van der Waals surface area (Å²) in [5.74, 6) is 1.09. The summed E-state index contributed by atoms with van der Waals surface area (Å²) in [5, 5.41) is 4.13. The zero-order valence-corrected chi connectivity index (χ0v) is 14.6. The van der Waals surface area contributed by atoms with Crippen LogP contribution in [0.5, 0.6) is 0 Å². The standard InChI is InChI=1S/C18H25N3OS/c1-2-3-4-7-12-21-16-9-6-5-8-15(16)20-18(21)23-13-14-10-11-17(22)19-14/h5-6,8-9,14H,2-4,7,10-13H2,1H3,(H,19,22)/t14-/m0/s1. The molecule has 1 saturated heterocycles. The molecule has 3 rings (SSSR count). The number of aryl methyl sites for hydroxylation is 1. The van der Waals surface area contributed by atoms with Gasteiger partial charge in [-0.15, -0.1) is 0 Å². The monoisotopic (exact) mass is 331 g/mol. The smallest absolute Gasteiger partial charge is 0.220 e. The number of aromatic nitrogens is 2. The molecule has 1 aromatic heterocycles. The summed E-state index contributed by atoms with van der Waals surface area (Å²) in [6.07, 6.45) is 6.63. The van der Waals surface area contributed by atoms with Gasteiger partial charge in [0.05, 0.1) is 11.0 Å². The molecule has 1 aliphatic heterocycles. The fourth-order valence-electron chi connectivity index (χ4n) is 3.05.